The summed E-state index contributed by atoms with van der Waals surface area (Å²) in [4.78, 5) is 15.0. The molecule has 3 aromatic rings. The van der Waals surface area contributed by atoms with Crippen LogP contribution < -0.4 is 10.5 Å². The van der Waals surface area contributed by atoms with Gasteiger partial charge in [0.15, 0.2) is 6.61 Å². The molecule has 0 spiro atoms. The normalized spacial score (nSPS) is 17.5. The van der Waals surface area contributed by atoms with Gasteiger partial charge >= 0.3 is 0 Å². The van der Waals surface area contributed by atoms with Crippen molar-refractivity contribution in [2.24, 2.45) is 0 Å². The van der Waals surface area contributed by atoms with Crippen molar-refractivity contribution < 1.29 is 9.26 Å². The number of nitrogens with two attached hydrogens (primary N) is 1. The molecule has 8 nitrogen and oxygen atoms in total. The maximum absolute atomic E-state index is 5.74. The molecule has 0 amide bonds. The van der Waals surface area contributed by atoms with Crippen molar-refractivity contribution in [1.82, 2.24) is 25.0 Å². The minimum Gasteiger partial charge on any atom is -0.485 e. The Labute approximate surface area is 163 Å². The Hall–Kier alpha value is -3.00. The first-order valence-corrected chi connectivity index (χ1v) is 9.47. The van der Waals surface area contributed by atoms with Gasteiger partial charge in [0.05, 0.1) is 5.69 Å². The van der Waals surface area contributed by atoms with Crippen molar-refractivity contribution in [1.29, 1.82) is 0 Å². The summed E-state index contributed by atoms with van der Waals surface area (Å²) in [7, 11) is 0. The summed E-state index contributed by atoms with van der Waals surface area (Å²) >= 11 is 0. The average Bonchev–Trinajstić information content (AvgIpc) is 3.13. The van der Waals surface area contributed by atoms with Gasteiger partial charge in [-0.25, -0.2) is 9.97 Å². The maximum atomic E-state index is 5.74. The number of nitrogens with zero attached hydrogens (tertiary/aromatic N) is 5. The molecule has 0 aliphatic carbocycles. The van der Waals surface area contributed by atoms with Crippen LogP contribution in [0.15, 0.2) is 41.1 Å². The Balaban J connectivity index is 1.32. The van der Waals surface area contributed by atoms with Crippen molar-refractivity contribution >= 4 is 5.95 Å². The Morgan fingerprint density at radius 3 is 2.82 bits per heavy atom. The molecule has 1 saturated heterocycles. The van der Waals surface area contributed by atoms with E-state index in [1.807, 2.05) is 18.2 Å². The topological polar surface area (TPSA) is 103 Å². The van der Waals surface area contributed by atoms with Gasteiger partial charge in [0.2, 0.25) is 17.7 Å². The quantitative estimate of drug-likeness (QED) is 0.696. The number of aryl methyl sites for hydroxylation is 1. The molecular formula is C20H24N6O2. The van der Waals surface area contributed by atoms with Crippen LogP contribution in [0, 0.1) is 6.92 Å². The molecule has 1 aliphatic rings. The third-order valence-corrected chi connectivity index (χ3v) is 4.89. The zero-order chi connectivity index (χ0) is 19.3. The third kappa shape index (κ3) is 4.64. The average molecular weight is 380 g/mol. The molecule has 0 saturated carbocycles. The van der Waals surface area contributed by atoms with Crippen molar-refractivity contribution in [2.45, 2.75) is 38.8 Å². The number of piperidine rings is 1. The van der Waals surface area contributed by atoms with Crippen LogP contribution in [0.25, 0.3) is 0 Å². The SMILES string of the molecule is Cc1nc(COc2ccc(CN3CCCC(c4ccnc(N)n4)C3)cc2)no1. The van der Waals surface area contributed by atoms with E-state index >= 15 is 0 Å². The second-order valence-corrected chi connectivity index (χ2v) is 7.08. The van der Waals surface area contributed by atoms with Crippen LogP contribution in [-0.2, 0) is 13.2 Å². The van der Waals surface area contributed by atoms with Crippen molar-refractivity contribution in [3.63, 3.8) is 0 Å². The summed E-state index contributed by atoms with van der Waals surface area (Å²) in [5.74, 6) is 2.63. The largest absolute Gasteiger partial charge is 0.485 e. The molecule has 28 heavy (non-hydrogen) atoms. The number of likely N-dealkylation sites (tertiary alicyclic amines) is 1. The van der Waals surface area contributed by atoms with Gasteiger partial charge in [-0.2, -0.15) is 4.98 Å². The van der Waals surface area contributed by atoms with Gasteiger partial charge in [0.25, 0.3) is 0 Å². The van der Waals surface area contributed by atoms with Gasteiger partial charge < -0.3 is 15.0 Å². The maximum Gasteiger partial charge on any atom is 0.223 e. The van der Waals surface area contributed by atoms with Crippen LogP contribution in [0.3, 0.4) is 0 Å². The van der Waals surface area contributed by atoms with Gasteiger partial charge in [0.1, 0.15) is 5.75 Å². The molecule has 1 aliphatic heterocycles. The molecule has 0 bridgehead atoms. The van der Waals surface area contributed by atoms with E-state index in [-0.39, 0.29) is 0 Å². The highest BCUT2D eigenvalue weighted by Crippen LogP contribution is 2.27. The predicted molar refractivity (Wildman–Crippen MR) is 104 cm³/mol. The standard InChI is InChI=1S/C20H24N6O2/c1-14-23-19(25-28-14)13-27-17-6-4-15(5-7-17)11-26-10-2-3-16(12-26)18-8-9-22-20(21)24-18/h4-9,16H,2-3,10-13H2,1H3,(H2,21,22,24). The van der Waals surface area contributed by atoms with E-state index < -0.39 is 0 Å². The lowest BCUT2D eigenvalue weighted by molar-refractivity contribution is 0.198. The first-order chi connectivity index (χ1) is 13.7. The van der Waals surface area contributed by atoms with E-state index in [0.29, 0.717) is 30.2 Å². The molecule has 1 atom stereocenters. The minimum absolute atomic E-state index is 0.298. The highest BCUT2D eigenvalue weighted by Gasteiger charge is 2.22. The molecule has 0 radical (unpaired) electrons. The highest BCUT2D eigenvalue weighted by atomic mass is 16.5. The summed E-state index contributed by atoms with van der Waals surface area (Å²) in [6.07, 6.45) is 4.03. The smallest absolute Gasteiger partial charge is 0.223 e. The second kappa shape index (κ2) is 8.35. The molecular weight excluding hydrogens is 356 g/mol. The van der Waals surface area contributed by atoms with Crippen LogP contribution in [0.2, 0.25) is 0 Å². The molecule has 3 heterocycles. The summed E-state index contributed by atoms with van der Waals surface area (Å²) in [6, 6.07) is 10.1. The van der Waals surface area contributed by atoms with Crippen LogP contribution >= 0.6 is 0 Å². The highest BCUT2D eigenvalue weighted by molar-refractivity contribution is 5.27. The van der Waals surface area contributed by atoms with Gasteiger partial charge in [-0.1, -0.05) is 17.3 Å². The lowest BCUT2D eigenvalue weighted by Crippen LogP contribution is -2.34. The zero-order valence-corrected chi connectivity index (χ0v) is 15.9. The number of aromatic nitrogens is 4. The van der Waals surface area contributed by atoms with Crippen molar-refractivity contribution in [2.75, 3.05) is 18.8 Å². The van der Waals surface area contributed by atoms with E-state index in [1.165, 1.54) is 5.56 Å². The number of hydrogen-bond donors (Lipinski definition) is 1. The van der Waals surface area contributed by atoms with E-state index in [0.717, 1.165) is 43.9 Å². The van der Waals surface area contributed by atoms with E-state index in [2.05, 4.69) is 37.1 Å². The Morgan fingerprint density at radius 2 is 2.07 bits per heavy atom. The van der Waals surface area contributed by atoms with Crippen molar-refractivity contribution in [3.8, 4) is 5.75 Å². The minimum atomic E-state index is 0.298. The van der Waals surface area contributed by atoms with Crippen LogP contribution in [0.5, 0.6) is 5.75 Å². The second-order valence-electron chi connectivity index (χ2n) is 7.08. The number of ether oxygens (including phenoxy) is 1. The summed E-state index contributed by atoms with van der Waals surface area (Å²) < 4.78 is 10.7. The fourth-order valence-electron chi connectivity index (χ4n) is 3.55. The molecule has 2 N–H and O–H groups in total. The van der Waals surface area contributed by atoms with Gasteiger partial charge in [0, 0.05) is 32.1 Å². The molecule has 146 valence electrons. The summed E-state index contributed by atoms with van der Waals surface area (Å²) in [6.45, 7) is 5.03. The Morgan fingerprint density at radius 1 is 1.21 bits per heavy atom. The van der Waals surface area contributed by atoms with Crippen LogP contribution in [-0.4, -0.2) is 38.1 Å². The van der Waals surface area contributed by atoms with Crippen molar-refractivity contribution in [3.05, 3.63) is 59.5 Å². The molecule has 1 fully saturated rings. The number of rotatable bonds is 6. The molecule has 4 rings (SSSR count). The Bertz CT molecular complexity index is 911. The van der Waals surface area contributed by atoms with Gasteiger partial charge in [-0.15, -0.1) is 0 Å². The zero-order valence-electron chi connectivity index (χ0n) is 15.9. The third-order valence-electron chi connectivity index (χ3n) is 4.89. The number of anilines is 1. The van der Waals surface area contributed by atoms with Crippen LogP contribution in [0.4, 0.5) is 5.95 Å². The van der Waals surface area contributed by atoms with Crippen LogP contribution in [0.1, 0.15) is 41.7 Å². The first kappa shape index (κ1) is 18.4. The summed E-state index contributed by atoms with van der Waals surface area (Å²) in [5.41, 5.74) is 8.03. The number of benzene rings is 1. The molecule has 2 aromatic heterocycles. The van der Waals surface area contributed by atoms with Gasteiger partial charge in [-0.05, 0) is 43.1 Å². The predicted octanol–water partition coefficient (Wildman–Crippen LogP) is 2.71. The monoisotopic (exact) mass is 380 g/mol. The fourth-order valence-corrected chi connectivity index (χ4v) is 3.55. The number of hydrogen-bond acceptors (Lipinski definition) is 8. The molecule has 1 unspecified atom stereocenters. The van der Waals surface area contributed by atoms with E-state index in [1.54, 1.807) is 13.1 Å². The lowest BCUT2D eigenvalue weighted by Gasteiger charge is -2.32. The summed E-state index contributed by atoms with van der Waals surface area (Å²) in [5, 5.41) is 3.83. The van der Waals surface area contributed by atoms with Gasteiger partial charge in [-0.3, -0.25) is 4.90 Å². The molecule has 1 aromatic carbocycles. The van der Waals surface area contributed by atoms with E-state index in [4.69, 9.17) is 15.0 Å². The first-order valence-electron chi connectivity index (χ1n) is 9.47. The Kier molecular flexibility index (Phi) is 5.48. The molecule has 8 heteroatoms. The fraction of sp³-hybridized carbons (Fsp3) is 0.400. The lowest BCUT2D eigenvalue weighted by atomic mass is 9.94. The number of nitrogen functional groups attached to an aromatic ring is 1. The van der Waals surface area contributed by atoms with E-state index in [9.17, 15) is 0 Å².